The van der Waals surface area contributed by atoms with E-state index in [1.54, 1.807) is 21.9 Å². The third-order valence-electron chi connectivity index (χ3n) is 5.82. The van der Waals surface area contributed by atoms with E-state index in [1.807, 2.05) is 6.92 Å². The van der Waals surface area contributed by atoms with Crippen LogP contribution in [0.2, 0.25) is 0 Å². The lowest BCUT2D eigenvalue weighted by Crippen LogP contribution is -2.54. The van der Waals surface area contributed by atoms with E-state index < -0.39 is 23.3 Å². The van der Waals surface area contributed by atoms with Crippen LogP contribution in [-0.4, -0.2) is 33.3 Å². The summed E-state index contributed by atoms with van der Waals surface area (Å²) in [5, 5.41) is 4.65. The van der Waals surface area contributed by atoms with Gasteiger partial charge in [-0.1, -0.05) is 12.1 Å². The molecule has 9 heteroatoms. The smallest absolute Gasteiger partial charge is 0.349 e. The molecule has 2 aromatic rings. The van der Waals surface area contributed by atoms with Crippen molar-refractivity contribution in [2.24, 2.45) is 0 Å². The Hall–Kier alpha value is -2.42. The molecular formula is C20H20F3N3O2S. The van der Waals surface area contributed by atoms with E-state index in [0.717, 1.165) is 12.1 Å². The summed E-state index contributed by atoms with van der Waals surface area (Å²) in [6.45, 7) is 1.87. The molecule has 1 aromatic heterocycles. The van der Waals surface area contributed by atoms with Crippen molar-refractivity contribution in [3.8, 4) is 0 Å². The number of nitrogens with one attached hydrogen (secondary N) is 1. The third-order valence-corrected chi connectivity index (χ3v) is 6.40. The number of hydrogen-bond donors (Lipinski definition) is 1. The monoisotopic (exact) mass is 423 g/mol. The van der Waals surface area contributed by atoms with E-state index >= 15 is 0 Å². The number of likely N-dealkylation sites (tertiary alicyclic amines) is 1. The number of hydrogen-bond acceptors (Lipinski definition) is 4. The predicted molar refractivity (Wildman–Crippen MR) is 101 cm³/mol. The van der Waals surface area contributed by atoms with Crippen LogP contribution in [0.25, 0.3) is 0 Å². The van der Waals surface area contributed by atoms with Crippen molar-refractivity contribution < 1.29 is 22.8 Å². The van der Waals surface area contributed by atoms with Gasteiger partial charge in [-0.05, 0) is 43.9 Å². The fourth-order valence-electron chi connectivity index (χ4n) is 4.52. The van der Waals surface area contributed by atoms with Crippen molar-refractivity contribution in [2.45, 2.75) is 56.4 Å². The minimum absolute atomic E-state index is 0.0965. The predicted octanol–water partition coefficient (Wildman–Crippen LogP) is 4.18. The highest BCUT2D eigenvalue weighted by molar-refractivity contribution is 7.07. The molecular weight excluding hydrogens is 403 g/mol. The van der Waals surface area contributed by atoms with Crippen molar-refractivity contribution in [1.29, 1.82) is 0 Å². The molecule has 0 spiro atoms. The molecule has 1 aromatic carbocycles. The second-order valence-corrected chi connectivity index (χ2v) is 8.52. The Balaban J connectivity index is 1.79. The Labute approximate surface area is 169 Å². The summed E-state index contributed by atoms with van der Waals surface area (Å²) in [7, 11) is 0. The molecule has 3 heterocycles. The lowest BCUT2D eigenvalue weighted by Gasteiger charge is -2.35. The molecule has 4 rings (SSSR count). The van der Waals surface area contributed by atoms with E-state index in [1.165, 1.54) is 17.4 Å². The molecule has 2 fully saturated rings. The van der Waals surface area contributed by atoms with Crippen LogP contribution in [0.5, 0.6) is 0 Å². The molecule has 0 radical (unpaired) electrons. The normalized spacial score (nSPS) is 27.3. The first-order chi connectivity index (χ1) is 13.7. The first-order valence-corrected chi connectivity index (χ1v) is 10.3. The Morgan fingerprint density at radius 1 is 1.38 bits per heavy atom. The maximum absolute atomic E-state index is 13.3. The molecule has 2 saturated heterocycles. The maximum atomic E-state index is 13.3. The lowest BCUT2D eigenvalue weighted by molar-refractivity contribution is -0.137. The Morgan fingerprint density at radius 2 is 2.17 bits per heavy atom. The SMILES string of the molecule is C[C@]12C[C@@H](c3cccc(C(F)(F)F)c3)N(C(=O)c3cscn3)[C@H]1CCCC(=O)N2. The largest absolute Gasteiger partial charge is 0.416 e. The molecule has 29 heavy (non-hydrogen) atoms. The lowest BCUT2D eigenvalue weighted by atomic mass is 9.88. The van der Waals surface area contributed by atoms with Gasteiger partial charge in [0.1, 0.15) is 5.69 Å². The molecule has 2 aliphatic rings. The summed E-state index contributed by atoms with van der Waals surface area (Å²) < 4.78 is 39.8. The van der Waals surface area contributed by atoms with Crippen LogP contribution in [0.4, 0.5) is 13.2 Å². The van der Waals surface area contributed by atoms with Crippen LogP contribution in [0.1, 0.15) is 60.3 Å². The zero-order valence-corrected chi connectivity index (χ0v) is 16.5. The maximum Gasteiger partial charge on any atom is 0.416 e. The zero-order valence-electron chi connectivity index (χ0n) is 15.7. The number of thiazole rings is 1. The number of fused-ring (bicyclic) bond motifs is 1. The number of benzene rings is 1. The number of carbonyl (C=O) groups is 2. The van der Waals surface area contributed by atoms with E-state index in [0.29, 0.717) is 31.2 Å². The Bertz CT molecular complexity index is 931. The third kappa shape index (κ3) is 3.63. The average Bonchev–Trinajstić information content (AvgIpc) is 3.25. The average molecular weight is 423 g/mol. The van der Waals surface area contributed by atoms with Gasteiger partial charge in [0.15, 0.2) is 0 Å². The number of aromatic nitrogens is 1. The van der Waals surface area contributed by atoms with Crippen LogP contribution in [0.15, 0.2) is 35.2 Å². The first-order valence-electron chi connectivity index (χ1n) is 9.38. The molecule has 0 unspecified atom stereocenters. The van der Waals surface area contributed by atoms with Crippen LogP contribution in [-0.2, 0) is 11.0 Å². The number of halogens is 3. The summed E-state index contributed by atoms with van der Waals surface area (Å²) >= 11 is 1.29. The summed E-state index contributed by atoms with van der Waals surface area (Å²) in [6.07, 6.45) is -2.54. The van der Waals surface area contributed by atoms with Crippen molar-refractivity contribution >= 4 is 23.2 Å². The minimum atomic E-state index is -4.47. The van der Waals surface area contributed by atoms with Crippen LogP contribution in [0, 0.1) is 0 Å². The molecule has 1 N–H and O–H groups in total. The number of nitrogens with zero attached hydrogens (tertiary/aromatic N) is 2. The zero-order chi connectivity index (χ0) is 20.8. The quantitative estimate of drug-likeness (QED) is 0.789. The molecule has 2 amide bonds. The number of rotatable bonds is 2. The highest BCUT2D eigenvalue weighted by Crippen LogP contribution is 2.46. The van der Waals surface area contributed by atoms with Crippen molar-refractivity contribution in [1.82, 2.24) is 15.2 Å². The topological polar surface area (TPSA) is 62.3 Å². The van der Waals surface area contributed by atoms with Gasteiger partial charge in [0, 0.05) is 11.8 Å². The van der Waals surface area contributed by atoms with Gasteiger partial charge in [0.2, 0.25) is 5.91 Å². The molecule has 2 aliphatic heterocycles. The summed E-state index contributed by atoms with van der Waals surface area (Å²) in [5.41, 5.74) is 0.769. The van der Waals surface area contributed by atoms with Crippen LogP contribution >= 0.6 is 11.3 Å². The highest BCUT2D eigenvalue weighted by Gasteiger charge is 2.53. The van der Waals surface area contributed by atoms with Crippen molar-refractivity contribution in [3.63, 3.8) is 0 Å². The second-order valence-electron chi connectivity index (χ2n) is 7.80. The van der Waals surface area contributed by atoms with Gasteiger partial charge in [-0.2, -0.15) is 13.2 Å². The summed E-state index contributed by atoms with van der Waals surface area (Å²) in [6, 6.07) is 4.19. The molecule has 154 valence electrons. The van der Waals surface area contributed by atoms with Crippen molar-refractivity contribution in [2.75, 3.05) is 0 Å². The number of carbonyl (C=O) groups excluding carboxylic acids is 2. The van der Waals surface area contributed by atoms with E-state index in [4.69, 9.17) is 0 Å². The first kappa shape index (κ1) is 19.9. The van der Waals surface area contributed by atoms with Gasteiger partial charge >= 0.3 is 6.18 Å². The van der Waals surface area contributed by atoms with Gasteiger partial charge in [0.25, 0.3) is 5.91 Å². The molecule has 0 bridgehead atoms. The number of amides is 2. The Morgan fingerprint density at radius 3 is 2.86 bits per heavy atom. The molecule has 0 saturated carbocycles. The molecule has 3 atom stereocenters. The highest BCUT2D eigenvalue weighted by atomic mass is 32.1. The van der Waals surface area contributed by atoms with Crippen molar-refractivity contribution in [3.05, 3.63) is 52.0 Å². The van der Waals surface area contributed by atoms with E-state index in [-0.39, 0.29) is 23.6 Å². The Kier molecular flexibility index (Phi) is 4.88. The van der Waals surface area contributed by atoms with Gasteiger partial charge < -0.3 is 10.2 Å². The number of alkyl halides is 3. The van der Waals surface area contributed by atoms with Gasteiger partial charge in [-0.3, -0.25) is 9.59 Å². The van der Waals surface area contributed by atoms with Crippen LogP contribution in [0.3, 0.4) is 0 Å². The molecule has 5 nitrogen and oxygen atoms in total. The van der Waals surface area contributed by atoms with Gasteiger partial charge in [0.05, 0.1) is 28.7 Å². The van der Waals surface area contributed by atoms with E-state index in [9.17, 15) is 22.8 Å². The molecule has 0 aliphatic carbocycles. The fraction of sp³-hybridized carbons (Fsp3) is 0.450. The fourth-order valence-corrected chi connectivity index (χ4v) is 5.05. The van der Waals surface area contributed by atoms with Gasteiger partial charge in [-0.15, -0.1) is 11.3 Å². The standard InChI is InChI=1S/C20H20F3N3O2S/c1-19-9-15(12-4-2-5-13(8-12)20(21,22)23)26(18(28)14-10-29-11-24-14)16(19)6-3-7-17(27)25-19/h2,4-5,8,10-11,15-16H,3,6-7,9H2,1H3,(H,25,27)/t15-,16-,19-/m0/s1. The second kappa shape index (κ2) is 7.12. The summed E-state index contributed by atoms with van der Waals surface area (Å²) in [5.74, 6) is -0.417. The van der Waals surface area contributed by atoms with Gasteiger partial charge in [-0.25, -0.2) is 4.98 Å². The minimum Gasteiger partial charge on any atom is -0.349 e. The summed E-state index contributed by atoms with van der Waals surface area (Å²) in [4.78, 5) is 31.2. The van der Waals surface area contributed by atoms with Crippen LogP contribution < -0.4 is 5.32 Å². The van der Waals surface area contributed by atoms with E-state index in [2.05, 4.69) is 10.3 Å².